The van der Waals surface area contributed by atoms with Gasteiger partial charge in [0, 0.05) is 12.0 Å². The lowest BCUT2D eigenvalue weighted by molar-refractivity contribution is 0.163. The van der Waals surface area contributed by atoms with Crippen molar-refractivity contribution >= 4 is 0 Å². The normalized spacial score (nSPS) is 12.4. The van der Waals surface area contributed by atoms with Gasteiger partial charge in [0.25, 0.3) is 0 Å². The second-order valence-electron chi connectivity index (χ2n) is 3.04. The second-order valence-corrected chi connectivity index (χ2v) is 3.04. The van der Waals surface area contributed by atoms with E-state index in [4.69, 9.17) is 10.8 Å². The summed E-state index contributed by atoms with van der Waals surface area (Å²) in [5.74, 6) is 3.33. The predicted octanol–water partition coefficient (Wildman–Crippen LogP) is 2.42. The maximum Gasteiger partial charge on any atom is 0.106 e. The molecule has 0 spiro atoms. The molecule has 70 valence electrons. The van der Waals surface area contributed by atoms with Crippen molar-refractivity contribution in [2.45, 2.75) is 32.3 Å². The zero-order valence-electron chi connectivity index (χ0n) is 7.79. The fourth-order valence-electron chi connectivity index (χ4n) is 1.29. The average Bonchev–Trinajstić information content (AvgIpc) is 2.52. The third-order valence-electron chi connectivity index (χ3n) is 2.06. The Balaban J connectivity index is 2.45. The molecular formula is C11H14O2. The molecule has 1 aromatic rings. The molecule has 0 aliphatic rings. The van der Waals surface area contributed by atoms with E-state index in [1.165, 1.54) is 0 Å². The molecule has 0 aliphatic carbocycles. The highest BCUT2D eigenvalue weighted by Gasteiger charge is 2.11. The van der Waals surface area contributed by atoms with Crippen molar-refractivity contribution in [1.82, 2.24) is 0 Å². The summed E-state index contributed by atoms with van der Waals surface area (Å²) in [6.45, 7) is 1.85. The van der Waals surface area contributed by atoms with Crippen molar-refractivity contribution in [3.63, 3.8) is 0 Å². The molecule has 2 nitrogen and oxygen atoms in total. The average molecular weight is 178 g/mol. The highest BCUT2D eigenvalue weighted by molar-refractivity contribution is 5.18. The van der Waals surface area contributed by atoms with Gasteiger partial charge in [0.1, 0.15) is 5.76 Å². The van der Waals surface area contributed by atoms with Gasteiger partial charge in [-0.05, 0) is 25.8 Å². The van der Waals surface area contributed by atoms with Gasteiger partial charge in [-0.1, -0.05) is 0 Å². The molecule has 0 radical (unpaired) electrons. The topological polar surface area (TPSA) is 33.4 Å². The number of furan rings is 1. The first-order valence-electron chi connectivity index (χ1n) is 4.41. The van der Waals surface area contributed by atoms with Gasteiger partial charge in [0.15, 0.2) is 0 Å². The minimum atomic E-state index is -0.438. The summed E-state index contributed by atoms with van der Waals surface area (Å²) in [5, 5.41) is 9.69. The van der Waals surface area contributed by atoms with E-state index in [0.717, 1.165) is 17.7 Å². The molecule has 0 bridgehead atoms. The van der Waals surface area contributed by atoms with Crippen LogP contribution in [0.4, 0.5) is 0 Å². The molecule has 1 rings (SSSR count). The van der Waals surface area contributed by atoms with Crippen LogP contribution in [0.2, 0.25) is 0 Å². The first-order chi connectivity index (χ1) is 6.25. The van der Waals surface area contributed by atoms with E-state index in [2.05, 4.69) is 5.92 Å². The molecule has 0 amide bonds. The molecule has 0 saturated heterocycles. The zero-order chi connectivity index (χ0) is 9.68. The van der Waals surface area contributed by atoms with E-state index < -0.39 is 6.10 Å². The summed E-state index contributed by atoms with van der Waals surface area (Å²) in [6, 6.07) is 1.80. The molecule has 0 aromatic carbocycles. The van der Waals surface area contributed by atoms with Crippen molar-refractivity contribution in [2.24, 2.45) is 0 Å². The Morgan fingerprint density at radius 2 is 2.46 bits per heavy atom. The summed E-state index contributed by atoms with van der Waals surface area (Å²) < 4.78 is 5.09. The molecule has 1 N–H and O–H groups in total. The Morgan fingerprint density at radius 3 is 3.00 bits per heavy atom. The molecule has 0 saturated carbocycles. The maximum absolute atomic E-state index is 9.69. The first-order valence-corrected chi connectivity index (χ1v) is 4.41. The summed E-state index contributed by atoms with van der Waals surface area (Å²) in [5.41, 5.74) is 0.872. The van der Waals surface area contributed by atoms with E-state index >= 15 is 0 Å². The molecule has 1 heterocycles. The fraction of sp³-hybridized carbons (Fsp3) is 0.455. The van der Waals surface area contributed by atoms with E-state index in [-0.39, 0.29) is 0 Å². The van der Waals surface area contributed by atoms with Crippen LogP contribution in [0.5, 0.6) is 0 Å². The first kappa shape index (κ1) is 9.88. The van der Waals surface area contributed by atoms with Crippen LogP contribution in [0.3, 0.4) is 0 Å². The summed E-state index contributed by atoms with van der Waals surface area (Å²) in [7, 11) is 0. The second kappa shape index (κ2) is 4.74. The number of aliphatic hydroxyl groups is 1. The molecule has 2 heteroatoms. The van der Waals surface area contributed by atoms with Crippen LogP contribution in [-0.4, -0.2) is 5.11 Å². The number of hydrogen-bond donors (Lipinski definition) is 1. The minimum absolute atomic E-state index is 0.438. The minimum Gasteiger partial charge on any atom is -0.469 e. The lowest BCUT2D eigenvalue weighted by Gasteiger charge is -2.07. The molecule has 1 unspecified atom stereocenters. The van der Waals surface area contributed by atoms with E-state index in [1.54, 1.807) is 12.3 Å². The van der Waals surface area contributed by atoms with Crippen LogP contribution < -0.4 is 0 Å². The van der Waals surface area contributed by atoms with Crippen LogP contribution in [0.15, 0.2) is 16.7 Å². The third-order valence-corrected chi connectivity index (χ3v) is 2.06. The number of rotatable bonds is 4. The van der Waals surface area contributed by atoms with Crippen molar-refractivity contribution < 1.29 is 9.52 Å². The Labute approximate surface area is 78.6 Å². The van der Waals surface area contributed by atoms with Gasteiger partial charge in [-0.25, -0.2) is 0 Å². The lowest BCUT2D eigenvalue weighted by Crippen LogP contribution is -1.97. The van der Waals surface area contributed by atoms with E-state index in [0.29, 0.717) is 12.8 Å². The Morgan fingerprint density at radius 1 is 1.69 bits per heavy atom. The lowest BCUT2D eigenvalue weighted by atomic mass is 10.1. The van der Waals surface area contributed by atoms with Gasteiger partial charge in [-0.15, -0.1) is 12.3 Å². The molecular weight excluding hydrogens is 164 g/mol. The highest BCUT2D eigenvalue weighted by Crippen LogP contribution is 2.22. The van der Waals surface area contributed by atoms with Gasteiger partial charge >= 0.3 is 0 Å². The van der Waals surface area contributed by atoms with E-state index in [9.17, 15) is 5.11 Å². The largest absolute Gasteiger partial charge is 0.469 e. The van der Waals surface area contributed by atoms with Gasteiger partial charge in [0.2, 0.25) is 0 Å². The number of aliphatic hydroxyl groups excluding tert-OH is 1. The van der Waals surface area contributed by atoms with Crippen LogP contribution in [-0.2, 0) is 0 Å². The number of terminal acetylenes is 1. The van der Waals surface area contributed by atoms with Crippen LogP contribution >= 0.6 is 0 Å². The Hall–Kier alpha value is -1.20. The Kier molecular flexibility index (Phi) is 3.60. The molecule has 1 aromatic heterocycles. The summed E-state index contributed by atoms with van der Waals surface area (Å²) in [4.78, 5) is 0. The molecule has 1 atom stereocenters. The maximum atomic E-state index is 9.69. The molecule has 0 fully saturated rings. The van der Waals surface area contributed by atoms with Crippen molar-refractivity contribution in [1.29, 1.82) is 0 Å². The quantitative estimate of drug-likeness (QED) is 0.567. The summed E-state index contributed by atoms with van der Waals surface area (Å²) in [6.07, 6.45) is 8.53. The summed E-state index contributed by atoms with van der Waals surface area (Å²) >= 11 is 0. The molecule has 13 heavy (non-hydrogen) atoms. The monoisotopic (exact) mass is 178 g/mol. The van der Waals surface area contributed by atoms with Crippen molar-refractivity contribution in [3.05, 3.63) is 23.7 Å². The standard InChI is InChI=1S/C11H14O2/c1-3-4-5-6-11(12)10-7-8-13-9(10)2/h1,7-8,11-12H,4-6H2,2H3. The predicted molar refractivity (Wildman–Crippen MR) is 51.1 cm³/mol. The van der Waals surface area contributed by atoms with Crippen molar-refractivity contribution in [2.75, 3.05) is 0 Å². The third kappa shape index (κ3) is 2.64. The van der Waals surface area contributed by atoms with Gasteiger partial charge in [-0.3, -0.25) is 0 Å². The SMILES string of the molecule is C#CCCCC(O)c1ccoc1C. The van der Waals surface area contributed by atoms with Crippen LogP contribution in [0, 0.1) is 19.3 Å². The highest BCUT2D eigenvalue weighted by atomic mass is 16.3. The number of aryl methyl sites for hydroxylation is 1. The number of unbranched alkanes of at least 4 members (excludes halogenated alkanes) is 1. The van der Waals surface area contributed by atoms with Gasteiger partial charge in [0.05, 0.1) is 12.4 Å². The van der Waals surface area contributed by atoms with Gasteiger partial charge < -0.3 is 9.52 Å². The molecule has 0 aliphatic heterocycles. The van der Waals surface area contributed by atoms with Crippen molar-refractivity contribution in [3.8, 4) is 12.3 Å². The Bertz CT molecular complexity index is 293. The van der Waals surface area contributed by atoms with Crippen LogP contribution in [0.1, 0.15) is 36.7 Å². The fourth-order valence-corrected chi connectivity index (χ4v) is 1.29. The smallest absolute Gasteiger partial charge is 0.106 e. The van der Waals surface area contributed by atoms with Crippen LogP contribution in [0.25, 0.3) is 0 Å². The zero-order valence-corrected chi connectivity index (χ0v) is 7.79. The van der Waals surface area contributed by atoms with E-state index in [1.807, 2.05) is 6.92 Å². The number of hydrogen-bond acceptors (Lipinski definition) is 2. The van der Waals surface area contributed by atoms with Gasteiger partial charge in [-0.2, -0.15) is 0 Å².